The first-order chi connectivity index (χ1) is 16.2. The standard InChI is InChI=1S/C23H23BrClN3O4S2/c24-15-6-12-19(13-7-15)34(31,32)27-23-28(18-4-2-1-3-5-18)22(30)20(33-23)14-21(29)26-17-10-8-16(25)9-11-17/h6-13,18,20H,1-5,14H2,(H,26,29). The molecule has 180 valence electrons. The number of nitrogens with zero attached hydrogens (tertiary/aromatic N) is 2. The first kappa shape index (κ1) is 25.2. The molecule has 1 saturated carbocycles. The number of hydrogen-bond acceptors (Lipinski definition) is 5. The maximum absolute atomic E-state index is 13.3. The van der Waals surface area contributed by atoms with Crippen molar-refractivity contribution in [3.63, 3.8) is 0 Å². The van der Waals surface area contributed by atoms with E-state index >= 15 is 0 Å². The zero-order valence-electron chi connectivity index (χ0n) is 18.1. The van der Waals surface area contributed by atoms with Crippen LogP contribution in [-0.2, 0) is 19.6 Å². The number of amidine groups is 1. The molecular formula is C23H23BrClN3O4S2. The number of hydrogen-bond donors (Lipinski definition) is 1. The van der Waals surface area contributed by atoms with Crippen LogP contribution in [0.25, 0.3) is 0 Å². The Morgan fingerprint density at radius 1 is 1.09 bits per heavy atom. The molecule has 1 unspecified atom stereocenters. The Hall–Kier alpha value is -1.88. The molecule has 0 radical (unpaired) electrons. The van der Waals surface area contributed by atoms with E-state index in [0.717, 1.165) is 48.3 Å². The summed E-state index contributed by atoms with van der Waals surface area (Å²) in [5.74, 6) is -0.610. The molecule has 34 heavy (non-hydrogen) atoms. The minimum atomic E-state index is -4.02. The van der Waals surface area contributed by atoms with E-state index < -0.39 is 15.3 Å². The number of sulfonamides is 1. The smallest absolute Gasteiger partial charge is 0.284 e. The summed E-state index contributed by atoms with van der Waals surface area (Å²) < 4.78 is 30.8. The average Bonchev–Trinajstić information content (AvgIpc) is 3.10. The molecule has 2 aromatic carbocycles. The molecule has 1 atom stereocenters. The number of benzene rings is 2. The Morgan fingerprint density at radius 3 is 2.38 bits per heavy atom. The molecule has 0 spiro atoms. The van der Waals surface area contributed by atoms with Crippen molar-refractivity contribution in [3.05, 3.63) is 58.0 Å². The van der Waals surface area contributed by atoms with Gasteiger partial charge >= 0.3 is 0 Å². The normalized spacial score (nSPS) is 20.6. The number of carbonyl (C=O) groups excluding carboxylic acids is 2. The van der Waals surface area contributed by atoms with E-state index in [4.69, 9.17) is 11.6 Å². The first-order valence-corrected chi connectivity index (χ1v) is 14.4. The third-order valence-corrected chi connectivity index (χ3v) is 9.04. The van der Waals surface area contributed by atoms with Gasteiger partial charge in [0.1, 0.15) is 5.25 Å². The first-order valence-electron chi connectivity index (χ1n) is 10.9. The summed E-state index contributed by atoms with van der Waals surface area (Å²) in [4.78, 5) is 27.5. The Labute approximate surface area is 216 Å². The fourth-order valence-corrected chi connectivity index (χ4v) is 6.82. The second kappa shape index (κ2) is 10.8. The molecule has 2 aromatic rings. The van der Waals surface area contributed by atoms with E-state index in [1.807, 2.05) is 0 Å². The number of anilines is 1. The Morgan fingerprint density at radius 2 is 1.74 bits per heavy atom. The van der Waals surface area contributed by atoms with Crippen LogP contribution in [0.5, 0.6) is 0 Å². The average molecular weight is 585 g/mol. The molecule has 2 aliphatic rings. The summed E-state index contributed by atoms with van der Waals surface area (Å²) in [5, 5.41) is 2.71. The van der Waals surface area contributed by atoms with Crippen LogP contribution in [0.1, 0.15) is 38.5 Å². The second-order valence-corrected chi connectivity index (χ2v) is 12.3. The summed E-state index contributed by atoms with van der Waals surface area (Å²) in [6.45, 7) is 0. The van der Waals surface area contributed by atoms with Gasteiger partial charge in [-0.05, 0) is 61.4 Å². The molecule has 11 heteroatoms. The SMILES string of the molecule is O=C(CC1SC(=NS(=O)(=O)c2ccc(Br)cc2)N(C2CCCCC2)C1=O)Nc1ccc(Cl)cc1. The molecule has 4 rings (SSSR count). The fourth-order valence-electron chi connectivity index (χ4n) is 4.03. The van der Waals surface area contributed by atoms with Crippen molar-refractivity contribution >= 4 is 72.0 Å². The van der Waals surface area contributed by atoms with Crippen molar-refractivity contribution < 1.29 is 18.0 Å². The lowest BCUT2D eigenvalue weighted by Crippen LogP contribution is -2.42. The maximum Gasteiger partial charge on any atom is 0.284 e. The van der Waals surface area contributed by atoms with Crippen LogP contribution in [0, 0.1) is 0 Å². The van der Waals surface area contributed by atoms with Crippen molar-refractivity contribution in [1.29, 1.82) is 0 Å². The van der Waals surface area contributed by atoms with Gasteiger partial charge in [0.05, 0.1) is 4.90 Å². The number of rotatable bonds is 6. The molecule has 0 bridgehead atoms. The van der Waals surface area contributed by atoms with E-state index in [-0.39, 0.29) is 34.3 Å². The van der Waals surface area contributed by atoms with Crippen LogP contribution in [0.4, 0.5) is 5.69 Å². The van der Waals surface area contributed by atoms with Gasteiger partial charge < -0.3 is 5.32 Å². The molecular weight excluding hydrogens is 562 g/mol. The van der Waals surface area contributed by atoms with Gasteiger partial charge in [-0.25, -0.2) is 0 Å². The molecule has 1 saturated heterocycles. The van der Waals surface area contributed by atoms with Crippen molar-refractivity contribution in [1.82, 2.24) is 4.90 Å². The van der Waals surface area contributed by atoms with Crippen LogP contribution in [-0.4, -0.2) is 41.6 Å². The van der Waals surface area contributed by atoms with Crippen LogP contribution in [0.3, 0.4) is 0 Å². The molecule has 0 aromatic heterocycles. The van der Waals surface area contributed by atoms with Gasteiger partial charge in [-0.2, -0.15) is 8.42 Å². The fraction of sp³-hybridized carbons (Fsp3) is 0.348. The highest BCUT2D eigenvalue weighted by atomic mass is 79.9. The zero-order chi connectivity index (χ0) is 24.3. The quantitative estimate of drug-likeness (QED) is 0.487. The highest BCUT2D eigenvalue weighted by Gasteiger charge is 2.43. The molecule has 2 amide bonds. The maximum atomic E-state index is 13.3. The monoisotopic (exact) mass is 583 g/mol. The van der Waals surface area contributed by atoms with E-state index in [9.17, 15) is 18.0 Å². The van der Waals surface area contributed by atoms with Gasteiger partial charge in [-0.1, -0.05) is 58.6 Å². The number of carbonyl (C=O) groups is 2. The Kier molecular flexibility index (Phi) is 8.01. The van der Waals surface area contributed by atoms with Gasteiger partial charge in [-0.15, -0.1) is 4.40 Å². The summed E-state index contributed by atoms with van der Waals surface area (Å²) in [6, 6.07) is 12.7. The van der Waals surface area contributed by atoms with Crippen molar-refractivity contribution in [2.45, 2.75) is 54.7 Å². The van der Waals surface area contributed by atoms with Crippen LogP contribution in [0.15, 0.2) is 62.3 Å². The van der Waals surface area contributed by atoms with Gasteiger partial charge in [0.2, 0.25) is 11.8 Å². The summed E-state index contributed by atoms with van der Waals surface area (Å²) in [7, 11) is -4.02. The highest BCUT2D eigenvalue weighted by molar-refractivity contribution is 9.10. The zero-order valence-corrected chi connectivity index (χ0v) is 22.1. The van der Waals surface area contributed by atoms with Crippen molar-refractivity contribution in [2.24, 2.45) is 4.40 Å². The molecule has 1 heterocycles. The number of amides is 2. The molecule has 1 aliphatic heterocycles. The van der Waals surface area contributed by atoms with E-state index in [2.05, 4.69) is 25.6 Å². The lowest BCUT2D eigenvalue weighted by atomic mass is 9.94. The number of thioether (sulfide) groups is 1. The van der Waals surface area contributed by atoms with Crippen LogP contribution < -0.4 is 5.32 Å². The van der Waals surface area contributed by atoms with Crippen LogP contribution >= 0.6 is 39.3 Å². The lowest BCUT2D eigenvalue weighted by molar-refractivity contribution is -0.130. The predicted octanol–water partition coefficient (Wildman–Crippen LogP) is 5.45. The van der Waals surface area contributed by atoms with Crippen LogP contribution in [0.2, 0.25) is 5.02 Å². The third kappa shape index (κ3) is 6.02. The minimum absolute atomic E-state index is 0.0452. The summed E-state index contributed by atoms with van der Waals surface area (Å²) in [5.41, 5.74) is 0.570. The summed E-state index contributed by atoms with van der Waals surface area (Å²) >= 11 is 10.2. The largest absolute Gasteiger partial charge is 0.326 e. The van der Waals surface area contributed by atoms with Gasteiger partial charge in [0.15, 0.2) is 5.17 Å². The van der Waals surface area contributed by atoms with Gasteiger partial charge in [0.25, 0.3) is 10.0 Å². The van der Waals surface area contributed by atoms with E-state index in [1.165, 1.54) is 17.0 Å². The molecule has 1 aliphatic carbocycles. The predicted molar refractivity (Wildman–Crippen MR) is 139 cm³/mol. The molecule has 1 N–H and O–H groups in total. The van der Waals surface area contributed by atoms with Gasteiger partial charge in [0, 0.05) is 27.6 Å². The Balaban J connectivity index is 1.57. The highest BCUT2D eigenvalue weighted by Crippen LogP contribution is 2.36. The minimum Gasteiger partial charge on any atom is -0.326 e. The third-order valence-electron chi connectivity index (χ3n) is 5.72. The van der Waals surface area contributed by atoms with Gasteiger partial charge in [-0.3, -0.25) is 14.5 Å². The summed E-state index contributed by atoms with van der Waals surface area (Å²) in [6.07, 6.45) is 4.50. The van der Waals surface area contributed by atoms with E-state index in [0.29, 0.717) is 10.7 Å². The van der Waals surface area contributed by atoms with Crippen molar-refractivity contribution in [2.75, 3.05) is 5.32 Å². The second-order valence-electron chi connectivity index (χ2n) is 8.17. The number of nitrogens with one attached hydrogen (secondary N) is 1. The molecule has 7 nitrogen and oxygen atoms in total. The van der Waals surface area contributed by atoms with Crippen molar-refractivity contribution in [3.8, 4) is 0 Å². The topological polar surface area (TPSA) is 95.9 Å². The van der Waals surface area contributed by atoms with E-state index in [1.54, 1.807) is 36.4 Å². The Bertz CT molecular complexity index is 1200. The lowest BCUT2D eigenvalue weighted by Gasteiger charge is -2.30. The molecule has 2 fully saturated rings. The number of halogens is 2.